The van der Waals surface area contributed by atoms with E-state index in [0.717, 1.165) is 42.0 Å². The van der Waals surface area contributed by atoms with Crippen molar-refractivity contribution in [1.82, 2.24) is 25.5 Å². The number of para-hydroxylation sites is 1. The number of hydrogen-bond acceptors (Lipinski definition) is 4. The number of amides is 1. The number of aromatic amines is 2. The maximum absolute atomic E-state index is 12.6. The average Bonchev–Trinajstić information content (AvgIpc) is 3.38. The number of carbonyl (C=O) groups excluding carboxylic acids is 1. The molecule has 1 amide bonds. The summed E-state index contributed by atoms with van der Waals surface area (Å²) >= 11 is 0. The van der Waals surface area contributed by atoms with Gasteiger partial charge in [-0.3, -0.25) is 9.89 Å². The smallest absolute Gasteiger partial charge is 0.271 e. The molecule has 5 rings (SSSR count). The van der Waals surface area contributed by atoms with E-state index in [0.29, 0.717) is 24.5 Å². The molecule has 0 spiro atoms. The highest BCUT2D eigenvalue weighted by atomic mass is 16.5. The average molecular weight is 363 g/mol. The molecular formula is C20H21N5O2. The Bertz CT molecular complexity index is 1020. The fourth-order valence-electron chi connectivity index (χ4n) is 4.21. The van der Waals surface area contributed by atoms with E-state index >= 15 is 0 Å². The van der Waals surface area contributed by atoms with Crippen molar-refractivity contribution in [2.24, 2.45) is 0 Å². The predicted molar refractivity (Wildman–Crippen MR) is 100.0 cm³/mol. The normalized spacial score (nSPS) is 18.6. The Morgan fingerprint density at radius 3 is 2.93 bits per heavy atom. The third kappa shape index (κ3) is 2.61. The van der Waals surface area contributed by atoms with Gasteiger partial charge in [0.15, 0.2) is 5.82 Å². The number of hydrogen-bond donors (Lipinski definition) is 3. The van der Waals surface area contributed by atoms with Crippen molar-refractivity contribution in [2.75, 3.05) is 13.7 Å². The van der Waals surface area contributed by atoms with Crippen molar-refractivity contribution in [2.45, 2.75) is 31.6 Å². The van der Waals surface area contributed by atoms with Crippen molar-refractivity contribution in [3.05, 3.63) is 52.5 Å². The van der Waals surface area contributed by atoms with Crippen LogP contribution in [0.15, 0.2) is 24.3 Å². The number of rotatable bonds is 3. The number of aryl methyl sites for hydroxylation is 1. The number of benzene rings is 1. The van der Waals surface area contributed by atoms with Crippen LogP contribution in [0.4, 0.5) is 0 Å². The van der Waals surface area contributed by atoms with Crippen LogP contribution in [0.25, 0.3) is 11.5 Å². The first-order chi connectivity index (χ1) is 13.2. The van der Waals surface area contributed by atoms with Crippen LogP contribution < -0.4 is 10.1 Å². The topological polar surface area (TPSA) is 95.7 Å². The summed E-state index contributed by atoms with van der Waals surface area (Å²) in [5.41, 5.74) is 5.67. The van der Waals surface area contributed by atoms with E-state index in [9.17, 15) is 4.79 Å². The summed E-state index contributed by atoms with van der Waals surface area (Å²) in [5.74, 6) is 1.49. The zero-order valence-electron chi connectivity index (χ0n) is 15.1. The fourth-order valence-corrected chi connectivity index (χ4v) is 4.21. The van der Waals surface area contributed by atoms with E-state index < -0.39 is 0 Å². The van der Waals surface area contributed by atoms with Gasteiger partial charge < -0.3 is 15.0 Å². The zero-order valence-corrected chi connectivity index (χ0v) is 15.1. The molecule has 3 N–H and O–H groups in total. The quantitative estimate of drug-likeness (QED) is 0.666. The highest BCUT2D eigenvalue weighted by Crippen LogP contribution is 2.33. The van der Waals surface area contributed by atoms with Crippen LogP contribution in [0.1, 0.15) is 45.3 Å². The number of carbonyl (C=O) groups is 1. The minimum absolute atomic E-state index is 0.115. The van der Waals surface area contributed by atoms with E-state index in [1.165, 1.54) is 11.3 Å². The number of fused-ring (bicyclic) bond motifs is 2. The van der Waals surface area contributed by atoms with Gasteiger partial charge >= 0.3 is 0 Å². The van der Waals surface area contributed by atoms with Crippen LogP contribution in [0.5, 0.6) is 5.75 Å². The molecule has 27 heavy (non-hydrogen) atoms. The van der Waals surface area contributed by atoms with Gasteiger partial charge in [0.1, 0.15) is 17.1 Å². The molecule has 3 heterocycles. The summed E-state index contributed by atoms with van der Waals surface area (Å²) in [6, 6.07) is 7.96. The van der Waals surface area contributed by atoms with E-state index in [-0.39, 0.29) is 11.8 Å². The van der Waals surface area contributed by atoms with Crippen LogP contribution in [0, 0.1) is 0 Å². The van der Waals surface area contributed by atoms with Gasteiger partial charge in [0.2, 0.25) is 0 Å². The molecule has 2 aliphatic rings. The van der Waals surface area contributed by atoms with E-state index in [1.54, 1.807) is 7.11 Å². The number of nitrogens with one attached hydrogen (secondary N) is 3. The van der Waals surface area contributed by atoms with Crippen molar-refractivity contribution < 1.29 is 9.53 Å². The molecular weight excluding hydrogens is 342 g/mol. The minimum Gasteiger partial charge on any atom is -0.496 e. The van der Waals surface area contributed by atoms with E-state index in [4.69, 9.17) is 4.74 Å². The monoisotopic (exact) mass is 363 g/mol. The number of H-pyrrole nitrogens is 2. The van der Waals surface area contributed by atoms with Crippen molar-refractivity contribution in [1.29, 1.82) is 0 Å². The Labute approximate surface area is 156 Å². The number of aromatic nitrogens is 4. The lowest BCUT2D eigenvalue weighted by Crippen LogP contribution is -2.26. The standard InChI is InChI=1S/C20H21N5O2/c1-27-16-8-3-2-5-12(16)11-9-15-18(20(26)21-10-11)23-19(22-15)17-13-6-4-7-14(13)24-25-17/h2-3,5,8,11H,4,6-7,9-10H2,1H3,(H,21,26)(H,22,23)(H,24,25)/t11-/m1/s1. The Hall–Kier alpha value is -3.09. The van der Waals surface area contributed by atoms with Gasteiger partial charge in [-0.05, 0) is 37.3 Å². The SMILES string of the molecule is COc1ccccc1[C@H]1CNC(=O)c2nc(-c3n[nH]c4c3CCC4)[nH]c2C1. The molecule has 1 aliphatic carbocycles. The highest BCUT2D eigenvalue weighted by molar-refractivity contribution is 5.94. The minimum atomic E-state index is -0.142. The Balaban J connectivity index is 1.53. The molecule has 3 aromatic rings. The van der Waals surface area contributed by atoms with Crippen LogP contribution in [0.2, 0.25) is 0 Å². The number of ether oxygens (including phenoxy) is 1. The maximum atomic E-state index is 12.6. The first kappa shape index (κ1) is 16.1. The summed E-state index contributed by atoms with van der Waals surface area (Å²) in [6.07, 6.45) is 3.85. The lowest BCUT2D eigenvalue weighted by atomic mass is 9.93. The molecule has 0 radical (unpaired) electrons. The highest BCUT2D eigenvalue weighted by Gasteiger charge is 2.29. The summed E-state index contributed by atoms with van der Waals surface area (Å²) in [6.45, 7) is 0.552. The van der Waals surface area contributed by atoms with Gasteiger partial charge in [-0.2, -0.15) is 5.10 Å². The first-order valence-electron chi connectivity index (χ1n) is 9.31. The summed E-state index contributed by atoms with van der Waals surface area (Å²) < 4.78 is 5.52. The predicted octanol–water partition coefficient (Wildman–Crippen LogP) is 2.37. The first-order valence-corrected chi connectivity index (χ1v) is 9.31. The molecule has 1 aliphatic heterocycles. The van der Waals surface area contributed by atoms with Gasteiger partial charge in [-0.25, -0.2) is 4.98 Å². The van der Waals surface area contributed by atoms with Gasteiger partial charge in [0, 0.05) is 29.4 Å². The Morgan fingerprint density at radius 1 is 1.15 bits per heavy atom. The third-order valence-electron chi connectivity index (χ3n) is 5.56. The second kappa shape index (κ2) is 6.26. The van der Waals surface area contributed by atoms with Crippen LogP contribution in [0.3, 0.4) is 0 Å². The molecule has 7 nitrogen and oxygen atoms in total. The van der Waals surface area contributed by atoms with Crippen molar-refractivity contribution in [3.63, 3.8) is 0 Å². The van der Waals surface area contributed by atoms with Gasteiger partial charge in [-0.15, -0.1) is 0 Å². The molecule has 138 valence electrons. The van der Waals surface area contributed by atoms with Gasteiger partial charge in [0.25, 0.3) is 5.91 Å². The Morgan fingerprint density at radius 2 is 2.04 bits per heavy atom. The molecule has 0 fully saturated rings. The van der Waals surface area contributed by atoms with Crippen LogP contribution >= 0.6 is 0 Å². The lowest BCUT2D eigenvalue weighted by Gasteiger charge is -2.17. The van der Waals surface area contributed by atoms with Crippen molar-refractivity contribution >= 4 is 5.91 Å². The molecule has 0 unspecified atom stereocenters. The molecule has 1 atom stereocenters. The molecule has 7 heteroatoms. The second-order valence-electron chi connectivity index (χ2n) is 7.15. The van der Waals surface area contributed by atoms with Gasteiger partial charge in [-0.1, -0.05) is 18.2 Å². The summed E-state index contributed by atoms with van der Waals surface area (Å²) in [7, 11) is 1.67. The van der Waals surface area contributed by atoms with Crippen LogP contribution in [-0.4, -0.2) is 39.7 Å². The maximum Gasteiger partial charge on any atom is 0.271 e. The third-order valence-corrected chi connectivity index (χ3v) is 5.56. The number of imidazole rings is 1. The Kier molecular flexibility index (Phi) is 3.74. The van der Waals surface area contributed by atoms with E-state index in [1.807, 2.05) is 18.2 Å². The van der Waals surface area contributed by atoms with Gasteiger partial charge in [0.05, 0.1) is 7.11 Å². The fraction of sp³-hybridized carbons (Fsp3) is 0.350. The van der Waals surface area contributed by atoms with Crippen molar-refractivity contribution in [3.8, 4) is 17.3 Å². The zero-order chi connectivity index (χ0) is 18.4. The second-order valence-corrected chi connectivity index (χ2v) is 7.15. The molecule has 0 bridgehead atoms. The number of nitrogens with zero attached hydrogens (tertiary/aromatic N) is 2. The van der Waals surface area contributed by atoms with Crippen LogP contribution in [-0.2, 0) is 19.3 Å². The molecule has 0 saturated carbocycles. The molecule has 0 saturated heterocycles. The molecule has 1 aromatic carbocycles. The summed E-state index contributed by atoms with van der Waals surface area (Å²) in [5, 5.41) is 10.6. The molecule has 2 aromatic heterocycles. The summed E-state index contributed by atoms with van der Waals surface area (Å²) in [4.78, 5) is 20.6. The number of methoxy groups -OCH3 is 1. The van der Waals surface area contributed by atoms with E-state index in [2.05, 4.69) is 31.5 Å². The lowest BCUT2D eigenvalue weighted by molar-refractivity contribution is 0.0950. The largest absolute Gasteiger partial charge is 0.496 e.